The van der Waals surface area contributed by atoms with E-state index in [9.17, 15) is 9.18 Å². The molecular formula is C23H27FN2O2. The molecule has 28 heavy (non-hydrogen) atoms. The van der Waals surface area contributed by atoms with Crippen molar-refractivity contribution in [2.45, 2.75) is 44.2 Å². The van der Waals surface area contributed by atoms with Gasteiger partial charge in [0.2, 0.25) is 0 Å². The molecule has 0 radical (unpaired) electrons. The first kappa shape index (κ1) is 18.9. The molecule has 0 aromatic heterocycles. The quantitative estimate of drug-likeness (QED) is 0.879. The highest BCUT2D eigenvalue weighted by molar-refractivity contribution is 5.97. The van der Waals surface area contributed by atoms with Crippen LogP contribution in [0.4, 0.5) is 4.39 Å². The second-order valence-electron chi connectivity index (χ2n) is 8.12. The molecule has 1 fully saturated rings. The van der Waals surface area contributed by atoms with Gasteiger partial charge in [-0.25, -0.2) is 4.39 Å². The molecule has 2 aromatic carbocycles. The van der Waals surface area contributed by atoms with E-state index < -0.39 is 0 Å². The third-order valence-electron chi connectivity index (χ3n) is 6.29. The molecule has 0 bridgehead atoms. The Morgan fingerprint density at radius 2 is 2.07 bits per heavy atom. The zero-order valence-corrected chi connectivity index (χ0v) is 16.5. The molecule has 148 valence electrons. The van der Waals surface area contributed by atoms with Crippen molar-refractivity contribution in [2.24, 2.45) is 0 Å². The summed E-state index contributed by atoms with van der Waals surface area (Å²) in [5.74, 6) is 0.543. The number of ether oxygens (including phenoxy) is 1. The Hall–Kier alpha value is -2.40. The van der Waals surface area contributed by atoms with Crippen molar-refractivity contribution >= 4 is 5.91 Å². The number of amides is 1. The first-order valence-corrected chi connectivity index (χ1v) is 9.96. The summed E-state index contributed by atoms with van der Waals surface area (Å²) in [4.78, 5) is 15.3. The molecule has 1 spiro atoms. The summed E-state index contributed by atoms with van der Waals surface area (Å²) in [6, 6.07) is 13.0. The van der Waals surface area contributed by atoms with Gasteiger partial charge < -0.3 is 10.1 Å². The van der Waals surface area contributed by atoms with Crippen LogP contribution >= 0.6 is 0 Å². The van der Waals surface area contributed by atoms with Crippen LogP contribution in [0.5, 0.6) is 5.75 Å². The molecule has 2 atom stereocenters. The standard InChI is InChI=1S/C23H27FN2O2/c1-16(13-18-5-3-4-6-21(18)24)26-12-11-23(15-26)10-9-17-7-8-19(28-2)14-20(17)22(27)25-23/h3-8,14,16H,9-13,15H2,1-2H3,(H,25,27)/t16-,23+/m1/s1. The molecule has 1 N–H and O–H groups in total. The van der Waals surface area contributed by atoms with E-state index in [-0.39, 0.29) is 23.3 Å². The van der Waals surface area contributed by atoms with Crippen LogP contribution in [0, 0.1) is 5.82 Å². The van der Waals surface area contributed by atoms with Crippen LogP contribution < -0.4 is 10.1 Å². The number of hydrogen-bond donors (Lipinski definition) is 1. The molecular weight excluding hydrogens is 355 g/mol. The number of nitrogens with zero attached hydrogens (tertiary/aromatic N) is 1. The van der Waals surface area contributed by atoms with E-state index in [4.69, 9.17) is 4.74 Å². The average Bonchev–Trinajstić information content (AvgIpc) is 3.06. The number of methoxy groups -OCH3 is 1. The van der Waals surface area contributed by atoms with Crippen LogP contribution in [0.1, 0.15) is 41.3 Å². The van der Waals surface area contributed by atoms with Gasteiger partial charge >= 0.3 is 0 Å². The van der Waals surface area contributed by atoms with Crippen LogP contribution in [0.2, 0.25) is 0 Å². The van der Waals surface area contributed by atoms with E-state index in [0.717, 1.165) is 43.5 Å². The van der Waals surface area contributed by atoms with Gasteiger partial charge in [-0.2, -0.15) is 0 Å². The zero-order valence-electron chi connectivity index (χ0n) is 16.5. The monoisotopic (exact) mass is 382 g/mol. The minimum atomic E-state index is -0.215. The fourth-order valence-corrected chi connectivity index (χ4v) is 4.55. The summed E-state index contributed by atoms with van der Waals surface area (Å²) < 4.78 is 19.3. The summed E-state index contributed by atoms with van der Waals surface area (Å²) in [5, 5.41) is 3.31. The SMILES string of the molecule is COc1ccc2c(c1)C(=O)N[C@@]1(CC2)CCN([C@H](C)Cc2ccccc2F)C1. The average molecular weight is 382 g/mol. The number of aryl methyl sites for hydroxylation is 1. The van der Waals surface area contributed by atoms with Gasteiger partial charge in [-0.05, 0) is 61.9 Å². The number of fused-ring (bicyclic) bond motifs is 1. The summed E-state index contributed by atoms with van der Waals surface area (Å²) in [6.07, 6.45) is 3.38. The lowest BCUT2D eigenvalue weighted by atomic mass is 9.91. The largest absolute Gasteiger partial charge is 0.497 e. The smallest absolute Gasteiger partial charge is 0.252 e. The number of likely N-dealkylation sites (tertiary alicyclic amines) is 1. The minimum Gasteiger partial charge on any atom is -0.497 e. The van der Waals surface area contributed by atoms with Gasteiger partial charge in [0.1, 0.15) is 11.6 Å². The summed E-state index contributed by atoms with van der Waals surface area (Å²) in [5.41, 5.74) is 2.33. The molecule has 2 aliphatic rings. The van der Waals surface area contributed by atoms with Gasteiger partial charge in [0.05, 0.1) is 12.6 Å². The highest BCUT2D eigenvalue weighted by atomic mass is 19.1. The van der Waals surface area contributed by atoms with E-state index in [2.05, 4.69) is 17.1 Å². The number of carbonyl (C=O) groups excluding carboxylic acids is 1. The Balaban J connectivity index is 1.47. The van der Waals surface area contributed by atoms with E-state index in [1.165, 1.54) is 6.07 Å². The Bertz CT molecular complexity index is 885. The van der Waals surface area contributed by atoms with Gasteiger partial charge in [-0.15, -0.1) is 0 Å². The lowest BCUT2D eigenvalue weighted by Crippen LogP contribution is -2.50. The minimum absolute atomic E-state index is 0.0185. The first-order chi connectivity index (χ1) is 13.5. The predicted molar refractivity (Wildman–Crippen MR) is 107 cm³/mol. The van der Waals surface area contributed by atoms with E-state index in [1.807, 2.05) is 30.3 Å². The summed E-state index contributed by atoms with van der Waals surface area (Å²) in [6.45, 7) is 3.86. The van der Waals surface area contributed by atoms with Crippen LogP contribution in [-0.4, -0.2) is 42.6 Å². The number of hydrogen-bond acceptors (Lipinski definition) is 3. The van der Waals surface area contributed by atoms with Gasteiger partial charge in [0, 0.05) is 24.7 Å². The number of halogens is 1. The fraction of sp³-hybridized carbons (Fsp3) is 0.435. The molecule has 0 unspecified atom stereocenters. The summed E-state index contributed by atoms with van der Waals surface area (Å²) >= 11 is 0. The Kier molecular flexibility index (Phi) is 5.11. The second-order valence-corrected chi connectivity index (χ2v) is 8.12. The lowest BCUT2D eigenvalue weighted by Gasteiger charge is -2.31. The predicted octanol–water partition coefficient (Wildman–Crippen LogP) is 3.59. The molecule has 2 aromatic rings. The third kappa shape index (κ3) is 3.63. The van der Waals surface area contributed by atoms with Crippen molar-refractivity contribution in [2.75, 3.05) is 20.2 Å². The molecule has 1 amide bonds. The molecule has 4 rings (SSSR count). The van der Waals surface area contributed by atoms with Crippen LogP contribution in [0.15, 0.2) is 42.5 Å². The number of benzene rings is 2. The maximum absolute atomic E-state index is 14.0. The molecule has 5 heteroatoms. The molecule has 2 aliphatic heterocycles. The van der Waals surface area contributed by atoms with Gasteiger partial charge in [0.25, 0.3) is 5.91 Å². The Labute approximate surface area is 165 Å². The van der Waals surface area contributed by atoms with Gasteiger partial charge in [-0.3, -0.25) is 9.69 Å². The van der Waals surface area contributed by atoms with Gasteiger partial charge in [0.15, 0.2) is 0 Å². The Morgan fingerprint density at radius 1 is 1.25 bits per heavy atom. The molecule has 2 heterocycles. The van der Waals surface area contributed by atoms with Crippen LogP contribution in [0.3, 0.4) is 0 Å². The zero-order chi connectivity index (χ0) is 19.7. The topological polar surface area (TPSA) is 41.6 Å². The van der Waals surface area contributed by atoms with Crippen molar-refractivity contribution in [3.8, 4) is 5.75 Å². The first-order valence-electron chi connectivity index (χ1n) is 9.96. The van der Waals surface area contributed by atoms with Crippen molar-refractivity contribution in [1.82, 2.24) is 10.2 Å². The van der Waals surface area contributed by atoms with Gasteiger partial charge in [-0.1, -0.05) is 24.3 Å². The van der Waals surface area contributed by atoms with Crippen molar-refractivity contribution in [3.63, 3.8) is 0 Å². The molecule has 0 saturated carbocycles. The fourth-order valence-electron chi connectivity index (χ4n) is 4.55. The maximum atomic E-state index is 14.0. The highest BCUT2D eigenvalue weighted by Crippen LogP contribution is 2.33. The van der Waals surface area contributed by atoms with E-state index in [0.29, 0.717) is 17.7 Å². The van der Waals surface area contributed by atoms with Crippen molar-refractivity contribution < 1.29 is 13.9 Å². The van der Waals surface area contributed by atoms with Crippen molar-refractivity contribution in [1.29, 1.82) is 0 Å². The third-order valence-corrected chi connectivity index (χ3v) is 6.29. The van der Waals surface area contributed by atoms with Crippen LogP contribution in [0.25, 0.3) is 0 Å². The maximum Gasteiger partial charge on any atom is 0.252 e. The molecule has 4 nitrogen and oxygen atoms in total. The highest BCUT2D eigenvalue weighted by Gasteiger charge is 2.42. The van der Waals surface area contributed by atoms with Crippen molar-refractivity contribution in [3.05, 3.63) is 65.0 Å². The van der Waals surface area contributed by atoms with E-state index in [1.54, 1.807) is 13.2 Å². The second kappa shape index (κ2) is 7.55. The Morgan fingerprint density at radius 3 is 2.86 bits per heavy atom. The number of carbonyl (C=O) groups is 1. The number of nitrogens with one attached hydrogen (secondary N) is 1. The van der Waals surface area contributed by atoms with E-state index >= 15 is 0 Å². The normalized spacial score (nSPS) is 23.2. The molecule has 0 aliphatic carbocycles. The summed E-state index contributed by atoms with van der Waals surface area (Å²) in [7, 11) is 1.61. The number of rotatable bonds is 4. The molecule has 1 saturated heterocycles. The lowest BCUT2D eigenvalue weighted by molar-refractivity contribution is 0.0898. The van der Waals surface area contributed by atoms with Crippen LogP contribution in [-0.2, 0) is 12.8 Å².